The lowest BCUT2D eigenvalue weighted by Gasteiger charge is -2.25. The molecule has 1 aromatic carbocycles. The highest BCUT2D eigenvalue weighted by Crippen LogP contribution is 2.39. The van der Waals surface area contributed by atoms with Crippen LogP contribution in [-0.2, 0) is 4.74 Å². The molecule has 0 atom stereocenters. The summed E-state index contributed by atoms with van der Waals surface area (Å²) in [5, 5.41) is 9.47. The van der Waals surface area contributed by atoms with Gasteiger partial charge in [0.2, 0.25) is 5.75 Å². The summed E-state index contributed by atoms with van der Waals surface area (Å²) in [6.07, 6.45) is 1.85. The van der Waals surface area contributed by atoms with E-state index < -0.39 is 0 Å². The van der Waals surface area contributed by atoms with Crippen LogP contribution in [0.15, 0.2) is 18.3 Å². The minimum Gasteiger partial charge on any atom is -0.493 e. The predicted molar refractivity (Wildman–Crippen MR) is 82.1 cm³/mol. The van der Waals surface area contributed by atoms with Crippen molar-refractivity contribution in [2.45, 2.75) is 0 Å². The third-order valence-electron chi connectivity index (χ3n) is 3.45. The van der Waals surface area contributed by atoms with E-state index in [9.17, 15) is 5.26 Å². The topological polar surface area (TPSA) is 64.0 Å². The van der Waals surface area contributed by atoms with Crippen LogP contribution in [0, 0.1) is 11.3 Å². The number of benzene rings is 1. The molecule has 2 rings (SSSR count). The van der Waals surface area contributed by atoms with Crippen molar-refractivity contribution < 1.29 is 18.9 Å². The third-order valence-corrected chi connectivity index (χ3v) is 3.45. The molecule has 0 radical (unpaired) electrons. The van der Waals surface area contributed by atoms with E-state index >= 15 is 0 Å². The molecule has 0 aromatic heterocycles. The quantitative estimate of drug-likeness (QED) is 0.774. The first-order valence-electron chi connectivity index (χ1n) is 6.97. The van der Waals surface area contributed by atoms with E-state index in [2.05, 4.69) is 11.0 Å². The van der Waals surface area contributed by atoms with Gasteiger partial charge in [0.05, 0.1) is 40.1 Å². The largest absolute Gasteiger partial charge is 0.493 e. The van der Waals surface area contributed by atoms with Gasteiger partial charge in [0.25, 0.3) is 0 Å². The minimum atomic E-state index is 0.511. The number of nitrogens with zero attached hydrogens (tertiary/aromatic N) is 2. The predicted octanol–water partition coefficient (Wildman–Crippen LogP) is 1.91. The summed E-state index contributed by atoms with van der Waals surface area (Å²) in [7, 11) is 4.66. The molecule has 0 bridgehead atoms. The highest BCUT2D eigenvalue weighted by Gasteiger charge is 2.16. The van der Waals surface area contributed by atoms with E-state index in [1.54, 1.807) is 33.5 Å². The Hall–Kier alpha value is -2.39. The Kier molecular flexibility index (Phi) is 5.50. The van der Waals surface area contributed by atoms with Crippen molar-refractivity contribution in [1.29, 1.82) is 5.26 Å². The molecule has 6 nitrogen and oxygen atoms in total. The van der Waals surface area contributed by atoms with Crippen molar-refractivity contribution in [2.24, 2.45) is 0 Å². The van der Waals surface area contributed by atoms with Gasteiger partial charge in [-0.15, -0.1) is 0 Å². The molecule has 22 heavy (non-hydrogen) atoms. The Bertz CT molecular complexity index is 561. The van der Waals surface area contributed by atoms with E-state index in [1.165, 1.54) is 0 Å². The molecule has 1 aromatic rings. The molecular formula is C16H20N2O4. The number of methoxy groups -OCH3 is 3. The first kappa shape index (κ1) is 16.0. The molecule has 118 valence electrons. The van der Waals surface area contributed by atoms with Crippen molar-refractivity contribution in [3.63, 3.8) is 0 Å². The first-order valence-corrected chi connectivity index (χ1v) is 6.97. The summed E-state index contributed by atoms with van der Waals surface area (Å²) >= 11 is 0. The lowest BCUT2D eigenvalue weighted by molar-refractivity contribution is 0.0596. The van der Waals surface area contributed by atoms with Crippen LogP contribution in [-0.4, -0.2) is 52.5 Å². The van der Waals surface area contributed by atoms with Crippen LogP contribution < -0.4 is 14.2 Å². The van der Waals surface area contributed by atoms with E-state index in [0.717, 1.165) is 18.7 Å². The van der Waals surface area contributed by atoms with Crippen molar-refractivity contribution in [3.8, 4) is 23.3 Å². The molecule has 0 N–H and O–H groups in total. The Morgan fingerprint density at radius 1 is 1.14 bits per heavy atom. The van der Waals surface area contributed by atoms with Gasteiger partial charge >= 0.3 is 0 Å². The molecule has 1 saturated heterocycles. The summed E-state index contributed by atoms with van der Waals surface area (Å²) in [6.45, 7) is 2.89. The van der Waals surface area contributed by atoms with Crippen molar-refractivity contribution >= 4 is 5.57 Å². The number of allylic oxidation sites excluding steroid dienone is 1. The second-order valence-corrected chi connectivity index (χ2v) is 4.72. The zero-order valence-electron chi connectivity index (χ0n) is 13.1. The highest BCUT2D eigenvalue weighted by atomic mass is 16.5. The van der Waals surface area contributed by atoms with E-state index in [-0.39, 0.29) is 0 Å². The van der Waals surface area contributed by atoms with Crippen molar-refractivity contribution in [3.05, 3.63) is 23.9 Å². The zero-order chi connectivity index (χ0) is 15.9. The molecule has 1 fully saturated rings. The molecular weight excluding hydrogens is 284 g/mol. The SMILES string of the molecule is COc1cc(/C(C#N)=C\N2CCOCC2)cc(OC)c1OC. The normalized spacial score (nSPS) is 15.2. The van der Waals surface area contributed by atoms with Gasteiger partial charge in [0, 0.05) is 24.9 Å². The van der Waals surface area contributed by atoms with E-state index in [1.807, 2.05) is 6.20 Å². The summed E-state index contributed by atoms with van der Waals surface area (Å²) in [4.78, 5) is 2.07. The smallest absolute Gasteiger partial charge is 0.203 e. The maximum absolute atomic E-state index is 9.47. The summed E-state index contributed by atoms with van der Waals surface area (Å²) in [6, 6.07) is 5.78. The number of nitriles is 1. The summed E-state index contributed by atoms with van der Waals surface area (Å²) in [5.74, 6) is 1.57. The number of rotatable bonds is 5. The van der Waals surface area contributed by atoms with Gasteiger partial charge < -0.3 is 23.8 Å². The van der Waals surface area contributed by atoms with Crippen LogP contribution in [0.1, 0.15) is 5.56 Å². The van der Waals surface area contributed by atoms with E-state index in [0.29, 0.717) is 36.0 Å². The van der Waals surface area contributed by atoms with Gasteiger partial charge in [-0.3, -0.25) is 0 Å². The first-order chi connectivity index (χ1) is 10.7. The molecule has 6 heteroatoms. The van der Waals surface area contributed by atoms with Crippen LogP contribution in [0.4, 0.5) is 0 Å². The van der Waals surface area contributed by atoms with Crippen LogP contribution >= 0.6 is 0 Å². The molecule has 0 aliphatic carbocycles. The average molecular weight is 304 g/mol. The summed E-state index contributed by atoms with van der Waals surface area (Å²) in [5.41, 5.74) is 1.27. The van der Waals surface area contributed by atoms with Crippen molar-refractivity contribution in [1.82, 2.24) is 4.90 Å². The molecule has 0 spiro atoms. The summed E-state index contributed by atoms with van der Waals surface area (Å²) < 4.78 is 21.3. The molecule has 1 aliphatic rings. The molecule has 0 unspecified atom stereocenters. The lowest BCUT2D eigenvalue weighted by Crippen LogP contribution is -2.32. The van der Waals surface area contributed by atoms with Gasteiger partial charge in [0.1, 0.15) is 6.07 Å². The van der Waals surface area contributed by atoms with Crippen LogP contribution in [0.25, 0.3) is 5.57 Å². The Morgan fingerprint density at radius 2 is 1.73 bits per heavy atom. The van der Waals surface area contributed by atoms with Crippen LogP contribution in [0.2, 0.25) is 0 Å². The highest BCUT2D eigenvalue weighted by molar-refractivity contribution is 5.79. The lowest BCUT2D eigenvalue weighted by atomic mass is 10.1. The molecule has 0 amide bonds. The molecule has 1 heterocycles. The van der Waals surface area contributed by atoms with Gasteiger partial charge in [-0.25, -0.2) is 0 Å². The fourth-order valence-corrected chi connectivity index (χ4v) is 2.29. The second-order valence-electron chi connectivity index (χ2n) is 4.72. The Morgan fingerprint density at radius 3 is 2.18 bits per heavy atom. The third kappa shape index (κ3) is 3.43. The van der Waals surface area contributed by atoms with Gasteiger partial charge in [-0.05, 0) is 12.1 Å². The Balaban J connectivity index is 2.40. The van der Waals surface area contributed by atoms with Crippen LogP contribution in [0.5, 0.6) is 17.2 Å². The van der Waals surface area contributed by atoms with E-state index in [4.69, 9.17) is 18.9 Å². The fourth-order valence-electron chi connectivity index (χ4n) is 2.29. The standard InChI is InChI=1S/C16H20N2O4/c1-19-14-8-12(9-15(20-2)16(14)21-3)13(10-17)11-18-4-6-22-7-5-18/h8-9,11H,4-7H2,1-3H3/b13-11-. The van der Waals surface area contributed by atoms with Gasteiger partial charge in [-0.1, -0.05) is 0 Å². The monoisotopic (exact) mass is 304 g/mol. The molecule has 1 aliphatic heterocycles. The zero-order valence-corrected chi connectivity index (χ0v) is 13.1. The Labute approximate surface area is 130 Å². The molecule has 0 saturated carbocycles. The maximum Gasteiger partial charge on any atom is 0.203 e. The fraction of sp³-hybridized carbons (Fsp3) is 0.438. The minimum absolute atomic E-state index is 0.511. The number of hydrogen-bond donors (Lipinski definition) is 0. The van der Waals surface area contributed by atoms with Gasteiger partial charge in [-0.2, -0.15) is 5.26 Å². The number of ether oxygens (including phenoxy) is 4. The maximum atomic E-state index is 9.47. The number of hydrogen-bond acceptors (Lipinski definition) is 6. The number of morpholine rings is 1. The van der Waals surface area contributed by atoms with Gasteiger partial charge in [0.15, 0.2) is 11.5 Å². The van der Waals surface area contributed by atoms with Crippen molar-refractivity contribution in [2.75, 3.05) is 47.6 Å². The van der Waals surface area contributed by atoms with Crippen LogP contribution in [0.3, 0.4) is 0 Å². The average Bonchev–Trinajstić information content (AvgIpc) is 2.59. The second kappa shape index (κ2) is 7.57.